The highest BCUT2D eigenvalue weighted by molar-refractivity contribution is 5.41. The molecule has 0 bridgehead atoms. The van der Waals surface area contributed by atoms with Gasteiger partial charge in [-0.25, -0.2) is 9.67 Å². The van der Waals surface area contributed by atoms with Gasteiger partial charge in [0.2, 0.25) is 0 Å². The topological polar surface area (TPSA) is 96.0 Å². The van der Waals surface area contributed by atoms with E-state index in [4.69, 9.17) is 10.00 Å². The van der Waals surface area contributed by atoms with E-state index in [0.29, 0.717) is 42.2 Å². The minimum absolute atomic E-state index is 0.365. The third-order valence-electron chi connectivity index (χ3n) is 11.4. The van der Waals surface area contributed by atoms with Crippen molar-refractivity contribution in [2.45, 2.75) is 90.2 Å². The summed E-state index contributed by atoms with van der Waals surface area (Å²) in [6.45, 7) is 8.16. The summed E-state index contributed by atoms with van der Waals surface area (Å²) in [5.74, 6) is 5.54. The fraction of sp³-hybridized carbons (Fsp3) is 0.719. The van der Waals surface area contributed by atoms with Gasteiger partial charge >= 0.3 is 0 Å². The predicted octanol–water partition coefficient (Wildman–Crippen LogP) is 5.98. The maximum Gasteiger partial charge on any atom is 0.162 e. The van der Waals surface area contributed by atoms with Crippen molar-refractivity contribution in [3.8, 4) is 11.8 Å². The lowest BCUT2D eigenvalue weighted by atomic mass is 9.48. The summed E-state index contributed by atoms with van der Waals surface area (Å²) >= 11 is 0. The number of nitriles is 1. The van der Waals surface area contributed by atoms with Gasteiger partial charge in [0.15, 0.2) is 5.69 Å². The van der Waals surface area contributed by atoms with Crippen molar-refractivity contribution in [3.63, 3.8) is 0 Å². The molecule has 0 saturated heterocycles. The molecule has 0 aromatic carbocycles. The van der Waals surface area contributed by atoms with Gasteiger partial charge in [-0.2, -0.15) is 10.4 Å². The van der Waals surface area contributed by atoms with E-state index < -0.39 is 5.60 Å². The Morgan fingerprint density at radius 3 is 2.72 bits per heavy atom. The molecule has 0 radical (unpaired) electrons. The van der Waals surface area contributed by atoms with E-state index >= 15 is 0 Å². The number of nitrogens with zero attached hydrogens (tertiary/aromatic N) is 4. The normalized spacial score (nSPS) is 38.2. The SMILES string of the molecule is CCOC[C@@]1(O)CC[C@H]2[C@H](CC[C@H]3C4CC[C@H]([C@@H](C)Nc5ccc(-n6ccc(C#N)n6)cn5)[C@@]4(C)CC[C@H]23)C1. The van der Waals surface area contributed by atoms with Crippen LogP contribution in [0.4, 0.5) is 5.82 Å². The van der Waals surface area contributed by atoms with Crippen molar-refractivity contribution in [2.75, 3.05) is 18.5 Å². The van der Waals surface area contributed by atoms with E-state index in [9.17, 15) is 5.11 Å². The van der Waals surface area contributed by atoms with Crippen LogP contribution in [0.25, 0.3) is 5.69 Å². The lowest BCUT2D eigenvalue weighted by Crippen LogP contribution is -2.52. The van der Waals surface area contributed by atoms with Crippen LogP contribution in [0, 0.1) is 52.3 Å². The average molecular weight is 532 g/mol. The van der Waals surface area contributed by atoms with Crippen LogP contribution < -0.4 is 5.32 Å². The first kappa shape index (κ1) is 26.8. The number of hydrogen-bond donors (Lipinski definition) is 2. The Bertz CT molecular complexity index is 1190. The van der Waals surface area contributed by atoms with Gasteiger partial charge in [0.1, 0.15) is 11.9 Å². The zero-order valence-electron chi connectivity index (χ0n) is 23.9. The maximum absolute atomic E-state index is 11.2. The maximum atomic E-state index is 11.2. The monoisotopic (exact) mass is 531 g/mol. The van der Waals surface area contributed by atoms with Crippen LogP contribution in [0.5, 0.6) is 0 Å². The number of nitrogens with one attached hydrogen (secondary N) is 1. The Morgan fingerprint density at radius 2 is 1.97 bits per heavy atom. The summed E-state index contributed by atoms with van der Waals surface area (Å²) in [5, 5.41) is 28.2. The van der Waals surface area contributed by atoms with Crippen LogP contribution >= 0.6 is 0 Å². The van der Waals surface area contributed by atoms with Crippen LogP contribution in [0.15, 0.2) is 30.6 Å². The Labute approximate surface area is 233 Å². The Morgan fingerprint density at radius 1 is 1.13 bits per heavy atom. The van der Waals surface area contributed by atoms with Gasteiger partial charge in [-0.3, -0.25) is 0 Å². The summed E-state index contributed by atoms with van der Waals surface area (Å²) in [4.78, 5) is 4.69. The fourth-order valence-corrected chi connectivity index (χ4v) is 9.72. The minimum Gasteiger partial charge on any atom is -0.387 e. The Balaban J connectivity index is 1.10. The largest absolute Gasteiger partial charge is 0.387 e. The Hall–Kier alpha value is -2.43. The van der Waals surface area contributed by atoms with Gasteiger partial charge < -0.3 is 15.2 Å². The molecule has 0 aliphatic heterocycles. The average Bonchev–Trinajstić information content (AvgIpc) is 3.56. The second kappa shape index (κ2) is 10.5. The quantitative estimate of drug-likeness (QED) is 0.457. The highest BCUT2D eigenvalue weighted by atomic mass is 16.5. The molecule has 7 nitrogen and oxygen atoms in total. The summed E-state index contributed by atoms with van der Waals surface area (Å²) in [7, 11) is 0. The molecule has 4 aliphatic rings. The van der Waals surface area contributed by atoms with Crippen LogP contribution in [0.1, 0.15) is 84.3 Å². The molecular weight excluding hydrogens is 486 g/mol. The van der Waals surface area contributed by atoms with E-state index in [1.807, 2.05) is 25.3 Å². The van der Waals surface area contributed by atoms with E-state index in [1.54, 1.807) is 16.9 Å². The molecule has 39 heavy (non-hydrogen) atoms. The molecule has 4 aliphatic carbocycles. The number of anilines is 1. The van der Waals surface area contributed by atoms with Gasteiger partial charge in [-0.05, 0) is 131 Å². The van der Waals surface area contributed by atoms with Crippen LogP contribution in [-0.2, 0) is 4.74 Å². The zero-order valence-corrected chi connectivity index (χ0v) is 23.9. The molecule has 2 N–H and O–H groups in total. The summed E-state index contributed by atoms with van der Waals surface area (Å²) in [5.41, 5.74) is 1.05. The van der Waals surface area contributed by atoms with Crippen molar-refractivity contribution >= 4 is 5.82 Å². The van der Waals surface area contributed by atoms with E-state index in [2.05, 4.69) is 35.3 Å². The first-order valence-corrected chi connectivity index (χ1v) is 15.3. The highest BCUT2D eigenvalue weighted by Crippen LogP contribution is 2.65. The van der Waals surface area contributed by atoms with Crippen LogP contribution in [0.2, 0.25) is 0 Å². The molecule has 2 aromatic heterocycles. The van der Waals surface area contributed by atoms with E-state index in [1.165, 1.54) is 44.9 Å². The van der Waals surface area contributed by atoms with Crippen molar-refractivity contribution in [1.82, 2.24) is 14.8 Å². The highest BCUT2D eigenvalue weighted by Gasteiger charge is 2.58. The van der Waals surface area contributed by atoms with E-state index in [0.717, 1.165) is 48.0 Å². The van der Waals surface area contributed by atoms with E-state index in [-0.39, 0.29) is 0 Å². The molecule has 6 rings (SSSR count). The third kappa shape index (κ3) is 4.89. The molecule has 7 heteroatoms. The third-order valence-corrected chi connectivity index (χ3v) is 11.4. The predicted molar refractivity (Wildman–Crippen MR) is 151 cm³/mol. The first-order chi connectivity index (χ1) is 18.8. The molecule has 2 heterocycles. The molecule has 4 saturated carbocycles. The minimum atomic E-state index is -0.600. The summed E-state index contributed by atoms with van der Waals surface area (Å²) in [6, 6.07) is 8.19. The summed E-state index contributed by atoms with van der Waals surface area (Å²) in [6.07, 6.45) is 14.6. The van der Waals surface area contributed by atoms with Gasteiger partial charge in [0.05, 0.1) is 24.1 Å². The summed E-state index contributed by atoms with van der Waals surface area (Å²) < 4.78 is 7.36. The molecular formula is C32H45N5O2. The number of ether oxygens (including phenoxy) is 1. The molecule has 0 spiro atoms. The molecule has 2 aromatic rings. The van der Waals surface area contributed by atoms with Gasteiger partial charge in [-0.1, -0.05) is 6.92 Å². The second-order valence-corrected chi connectivity index (χ2v) is 13.4. The number of aromatic nitrogens is 3. The second-order valence-electron chi connectivity index (χ2n) is 13.4. The van der Waals surface area contributed by atoms with Gasteiger partial charge in [-0.15, -0.1) is 0 Å². The first-order valence-electron chi connectivity index (χ1n) is 15.3. The van der Waals surface area contributed by atoms with Crippen molar-refractivity contribution in [3.05, 3.63) is 36.3 Å². The zero-order chi connectivity index (χ0) is 27.2. The van der Waals surface area contributed by atoms with Crippen molar-refractivity contribution in [2.24, 2.45) is 40.9 Å². The Kier molecular flexibility index (Phi) is 7.22. The number of fused-ring (bicyclic) bond motifs is 5. The van der Waals surface area contributed by atoms with Crippen molar-refractivity contribution in [1.29, 1.82) is 5.26 Å². The molecule has 0 amide bonds. The van der Waals surface area contributed by atoms with Crippen LogP contribution in [-0.4, -0.2) is 44.7 Å². The number of hydrogen-bond acceptors (Lipinski definition) is 6. The smallest absolute Gasteiger partial charge is 0.162 e. The molecule has 210 valence electrons. The standard InChI is InChI=1S/C32H45N5O2/c1-4-39-20-32(38)15-12-25-22(17-32)5-7-27-26(25)11-14-31(3)28(8-9-29(27)31)21(2)35-30-10-6-24(19-34-30)37-16-13-23(18-33)36-37/h6,10,13,16,19,21-22,25-29,38H,4-5,7-9,11-12,14-15,17,20H2,1-3H3,(H,34,35)/t21-,22-,25+,26-,27-,28-,29?,31-,32-/m1/s1. The van der Waals surface area contributed by atoms with Gasteiger partial charge in [0.25, 0.3) is 0 Å². The fourth-order valence-electron chi connectivity index (χ4n) is 9.72. The van der Waals surface area contributed by atoms with Gasteiger partial charge in [0, 0.05) is 18.8 Å². The number of rotatable bonds is 7. The van der Waals surface area contributed by atoms with Crippen LogP contribution in [0.3, 0.4) is 0 Å². The number of pyridine rings is 1. The molecule has 1 unspecified atom stereocenters. The molecule has 4 fully saturated rings. The van der Waals surface area contributed by atoms with Crippen molar-refractivity contribution < 1.29 is 9.84 Å². The lowest BCUT2D eigenvalue weighted by molar-refractivity contribution is -0.128. The lowest BCUT2D eigenvalue weighted by Gasteiger charge is -2.57. The number of aliphatic hydroxyl groups is 1. The molecule has 9 atom stereocenters.